The molecule has 1 aromatic rings. The van der Waals surface area contributed by atoms with E-state index >= 15 is 0 Å². The first-order valence-electron chi connectivity index (χ1n) is 4.96. The van der Waals surface area contributed by atoms with Crippen molar-refractivity contribution in [3.8, 4) is 0 Å². The van der Waals surface area contributed by atoms with Gasteiger partial charge in [0, 0.05) is 11.6 Å². The molecule has 2 rings (SSSR count). The van der Waals surface area contributed by atoms with Crippen LogP contribution in [0.4, 0.5) is 0 Å². The van der Waals surface area contributed by atoms with Gasteiger partial charge in [-0.05, 0) is 31.6 Å². The van der Waals surface area contributed by atoms with Gasteiger partial charge in [-0.1, -0.05) is 12.1 Å². The van der Waals surface area contributed by atoms with E-state index in [-0.39, 0.29) is 0 Å². The van der Waals surface area contributed by atoms with Gasteiger partial charge in [-0.3, -0.25) is 0 Å². The van der Waals surface area contributed by atoms with Crippen molar-refractivity contribution >= 4 is 10.0 Å². The highest BCUT2D eigenvalue weighted by molar-refractivity contribution is 8.31. The van der Waals surface area contributed by atoms with Crippen molar-refractivity contribution in [2.24, 2.45) is 0 Å². The maximum atomic E-state index is 4.26. The van der Waals surface area contributed by atoms with E-state index in [9.17, 15) is 0 Å². The summed E-state index contributed by atoms with van der Waals surface area (Å²) in [4.78, 5) is 0. The van der Waals surface area contributed by atoms with Gasteiger partial charge in [-0.25, -0.2) is 14.7 Å². The molecule has 0 radical (unpaired) electrons. The Kier molecular flexibility index (Phi) is 2.14. The minimum Gasteiger partial charge on any atom is -0.244 e. The molecule has 0 saturated heterocycles. The van der Waals surface area contributed by atoms with E-state index in [4.69, 9.17) is 0 Å². The van der Waals surface area contributed by atoms with Crippen molar-refractivity contribution < 1.29 is 0 Å². The van der Waals surface area contributed by atoms with Crippen LogP contribution in [0.1, 0.15) is 25.5 Å². The van der Waals surface area contributed by atoms with Gasteiger partial charge in [0.1, 0.15) is 0 Å². The molecule has 14 heavy (non-hydrogen) atoms. The van der Waals surface area contributed by atoms with E-state index in [1.54, 1.807) is 0 Å². The largest absolute Gasteiger partial charge is 0.244 e. The van der Waals surface area contributed by atoms with E-state index in [0.29, 0.717) is 5.41 Å². The van der Waals surface area contributed by atoms with Gasteiger partial charge >= 0.3 is 0 Å². The molecule has 3 nitrogen and oxygen atoms in total. The average Bonchev–Trinajstić information content (AvgIpc) is 2.60. The van der Waals surface area contributed by atoms with Gasteiger partial charge in [0.05, 0.1) is 11.6 Å². The van der Waals surface area contributed by atoms with Crippen LogP contribution in [0.25, 0.3) is 0 Å². The summed E-state index contributed by atoms with van der Waals surface area (Å²) in [6, 6.07) is 0. The summed E-state index contributed by atoms with van der Waals surface area (Å²) in [7, 11) is -0.528. The van der Waals surface area contributed by atoms with E-state index in [1.165, 1.54) is 18.5 Å². The molecule has 0 bridgehead atoms. The third-order valence-electron chi connectivity index (χ3n) is 2.68. The Hall–Kier alpha value is -0.510. The van der Waals surface area contributed by atoms with Crippen LogP contribution in [-0.2, 0) is 11.3 Å². The van der Waals surface area contributed by atoms with Crippen molar-refractivity contribution in [2.45, 2.75) is 31.1 Å². The fraction of sp³-hybridized carbons (Fsp3) is 0.800. The Bertz CT molecular complexity index is 333. The van der Waals surface area contributed by atoms with Gasteiger partial charge in [0.2, 0.25) is 0 Å². The molecule has 80 valence electrons. The molecule has 0 amide bonds. The topological polar surface area (TPSA) is 30.7 Å². The lowest BCUT2D eigenvalue weighted by Crippen LogP contribution is -2.06. The lowest BCUT2D eigenvalue weighted by Gasteiger charge is -2.24. The molecule has 1 fully saturated rings. The predicted molar refractivity (Wildman–Crippen MR) is 62.0 cm³/mol. The third kappa shape index (κ3) is 2.11. The maximum Gasteiger partial charge on any atom is 0.0886 e. The Labute approximate surface area is 87.2 Å². The summed E-state index contributed by atoms with van der Waals surface area (Å²) in [5, 5.41) is 8.46. The molecule has 0 unspecified atom stereocenters. The number of aromatic nitrogens is 3. The minimum atomic E-state index is -0.528. The zero-order chi connectivity index (χ0) is 10.4. The molecular formula is C10H19N3S. The van der Waals surface area contributed by atoms with Gasteiger partial charge in [0.15, 0.2) is 0 Å². The Morgan fingerprint density at radius 2 is 2.07 bits per heavy atom. The first-order valence-corrected chi connectivity index (χ1v) is 7.98. The monoisotopic (exact) mass is 213 g/mol. The zero-order valence-corrected chi connectivity index (χ0v) is 10.3. The molecule has 0 aliphatic heterocycles. The van der Waals surface area contributed by atoms with Gasteiger partial charge < -0.3 is 0 Å². The Morgan fingerprint density at radius 3 is 2.57 bits per heavy atom. The van der Waals surface area contributed by atoms with E-state index in [1.807, 2.05) is 4.68 Å². The normalized spacial score (nSPS) is 20.9. The van der Waals surface area contributed by atoms with Crippen LogP contribution in [0.3, 0.4) is 0 Å². The number of nitrogens with zero attached hydrogens (tertiary/aromatic N) is 3. The lowest BCUT2D eigenvalue weighted by molar-refractivity contribution is 0.690. The van der Waals surface area contributed by atoms with E-state index < -0.39 is 10.0 Å². The Morgan fingerprint density at radius 1 is 1.43 bits per heavy atom. The van der Waals surface area contributed by atoms with Gasteiger partial charge in [-0.15, -0.1) is 5.10 Å². The second-order valence-corrected chi connectivity index (χ2v) is 9.86. The first-order chi connectivity index (χ1) is 6.39. The van der Waals surface area contributed by atoms with Crippen molar-refractivity contribution in [3.05, 3.63) is 11.9 Å². The van der Waals surface area contributed by atoms with Crippen LogP contribution in [0.15, 0.2) is 6.20 Å². The summed E-state index contributed by atoms with van der Waals surface area (Å²) in [6.07, 6.45) is 11.6. The predicted octanol–water partition coefficient (Wildman–Crippen LogP) is 1.98. The number of hydrogen-bond acceptors (Lipinski definition) is 2. The molecule has 1 aromatic heterocycles. The van der Waals surface area contributed by atoms with Crippen molar-refractivity contribution in [1.29, 1.82) is 0 Å². The van der Waals surface area contributed by atoms with Crippen LogP contribution >= 0.6 is 10.0 Å². The Balaban J connectivity index is 2.11. The quantitative estimate of drug-likeness (QED) is 0.768. The highest BCUT2D eigenvalue weighted by Crippen LogP contribution is 2.46. The fourth-order valence-electron chi connectivity index (χ4n) is 1.48. The molecule has 0 aromatic carbocycles. The van der Waals surface area contributed by atoms with Gasteiger partial charge in [-0.2, -0.15) is 0 Å². The molecule has 0 N–H and O–H groups in total. The van der Waals surface area contributed by atoms with Crippen LogP contribution < -0.4 is 0 Å². The SMILES string of the molecule is CC1(c2cn(CS(C)(C)C)nn2)CC1. The van der Waals surface area contributed by atoms with Crippen molar-refractivity contribution in [3.63, 3.8) is 0 Å². The van der Waals surface area contributed by atoms with Crippen LogP contribution in [0.2, 0.25) is 0 Å². The second-order valence-electron chi connectivity index (χ2n) is 5.42. The second kappa shape index (κ2) is 2.99. The highest BCUT2D eigenvalue weighted by atomic mass is 32.3. The third-order valence-corrected chi connectivity index (χ3v) is 3.72. The lowest BCUT2D eigenvalue weighted by atomic mass is 10.1. The van der Waals surface area contributed by atoms with Crippen LogP contribution in [0, 0.1) is 0 Å². The van der Waals surface area contributed by atoms with Crippen molar-refractivity contribution in [1.82, 2.24) is 15.0 Å². The smallest absolute Gasteiger partial charge is 0.0886 e. The molecule has 1 aliphatic rings. The molecule has 1 saturated carbocycles. The molecule has 1 aliphatic carbocycles. The zero-order valence-electron chi connectivity index (χ0n) is 9.45. The summed E-state index contributed by atoms with van der Waals surface area (Å²) in [5.41, 5.74) is 1.53. The first kappa shape index (κ1) is 10.0. The highest BCUT2D eigenvalue weighted by Gasteiger charge is 2.41. The molecular weight excluding hydrogens is 194 g/mol. The van der Waals surface area contributed by atoms with Crippen LogP contribution in [-0.4, -0.2) is 33.8 Å². The van der Waals surface area contributed by atoms with E-state index in [0.717, 1.165) is 5.88 Å². The number of rotatable bonds is 3. The summed E-state index contributed by atoms with van der Waals surface area (Å²) in [6.45, 7) is 2.27. The average molecular weight is 213 g/mol. The maximum absolute atomic E-state index is 4.26. The fourth-order valence-corrected chi connectivity index (χ4v) is 2.40. The molecule has 0 spiro atoms. The minimum absolute atomic E-state index is 0.353. The summed E-state index contributed by atoms with van der Waals surface area (Å²) >= 11 is 0. The molecule has 4 heteroatoms. The van der Waals surface area contributed by atoms with Gasteiger partial charge in [0.25, 0.3) is 0 Å². The molecule has 1 heterocycles. The van der Waals surface area contributed by atoms with Crippen molar-refractivity contribution in [2.75, 3.05) is 18.8 Å². The van der Waals surface area contributed by atoms with Crippen LogP contribution in [0.5, 0.6) is 0 Å². The standard InChI is InChI=1S/C10H19N3S/c1-10(5-6-10)9-7-13(12-11-9)8-14(2,3)4/h7H,5-6,8H2,1-4H3. The summed E-state index contributed by atoms with van der Waals surface area (Å²) in [5.74, 6) is 1.02. The summed E-state index contributed by atoms with van der Waals surface area (Å²) < 4.78 is 2.01. The van der Waals surface area contributed by atoms with E-state index in [2.05, 4.69) is 42.2 Å². The number of hydrogen-bond donors (Lipinski definition) is 0. The molecule has 0 atom stereocenters.